The van der Waals surface area contributed by atoms with Crippen LogP contribution < -0.4 is 11.2 Å². The molecule has 0 spiro atoms. The molecule has 0 atom stereocenters. The molecule has 0 aromatic carbocycles. The molecule has 3 N–H and O–H groups in total. The van der Waals surface area contributed by atoms with Gasteiger partial charge in [0.2, 0.25) is 0 Å². The van der Waals surface area contributed by atoms with Gasteiger partial charge in [0.1, 0.15) is 0 Å². The maximum Gasteiger partial charge on any atom is 0.0693 e. The van der Waals surface area contributed by atoms with Crippen LogP contribution in [0.5, 0.6) is 0 Å². The Bertz CT molecular complexity index is 234. The van der Waals surface area contributed by atoms with E-state index in [4.69, 9.17) is 5.73 Å². The zero-order valence-electron chi connectivity index (χ0n) is 6.70. The lowest BCUT2D eigenvalue weighted by atomic mass is 10.4. The van der Waals surface area contributed by atoms with Gasteiger partial charge in [-0.05, 0) is 6.07 Å². The summed E-state index contributed by atoms with van der Waals surface area (Å²) < 4.78 is 0. The Morgan fingerprint density at radius 3 is 2.73 bits per heavy atom. The molecule has 0 unspecified atom stereocenters. The van der Waals surface area contributed by atoms with Crippen molar-refractivity contribution >= 4 is 11.4 Å². The van der Waals surface area contributed by atoms with Gasteiger partial charge < -0.3 is 11.2 Å². The normalized spacial score (nSPS) is 10.1. The molecular weight excluding hydrogens is 140 g/mol. The van der Waals surface area contributed by atoms with Crippen LogP contribution in [0, 0.1) is 0 Å². The third kappa shape index (κ3) is 2.43. The molecule has 0 radical (unpaired) electrons. The zero-order valence-corrected chi connectivity index (χ0v) is 6.70. The Morgan fingerprint density at radius 2 is 2.18 bits per heavy atom. The highest BCUT2D eigenvalue weighted by atomic mass is 15.5. The molecule has 0 fully saturated rings. The predicted molar refractivity (Wildman–Crippen MR) is 46.0 cm³/mol. The van der Waals surface area contributed by atoms with Gasteiger partial charge in [-0.2, -0.15) is 0 Å². The molecule has 0 aliphatic carbocycles. The van der Waals surface area contributed by atoms with E-state index in [0.29, 0.717) is 5.69 Å². The molecule has 11 heavy (non-hydrogen) atoms. The lowest BCUT2D eigenvalue weighted by molar-refractivity contribution is 0.495. The largest absolute Gasteiger partial charge is 0.397 e. The third-order valence-corrected chi connectivity index (χ3v) is 1.11. The molecule has 0 saturated carbocycles. The quantitative estimate of drug-likeness (QED) is 0.608. The molecule has 0 amide bonds. The van der Waals surface area contributed by atoms with Crippen LogP contribution in [0.25, 0.3) is 0 Å². The van der Waals surface area contributed by atoms with Crippen LogP contribution in [0.4, 0.5) is 11.4 Å². The number of nitrogens with zero attached hydrogens (tertiary/aromatic N) is 2. The Kier molecular flexibility index (Phi) is 2.28. The minimum atomic E-state index is 0.664. The third-order valence-electron chi connectivity index (χ3n) is 1.11. The molecule has 1 heterocycles. The van der Waals surface area contributed by atoms with E-state index in [9.17, 15) is 0 Å². The number of nitrogens with two attached hydrogens (primary N) is 1. The minimum Gasteiger partial charge on any atom is -0.397 e. The van der Waals surface area contributed by atoms with E-state index in [1.54, 1.807) is 12.4 Å². The van der Waals surface area contributed by atoms with Gasteiger partial charge in [-0.15, -0.1) is 0 Å². The van der Waals surface area contributed by atoms with E-state index < -0.39 is 0 Å². The topological polar surface area (TPSA) is 54.2 Å². The van der Waals surface area contributed by atoms with Crippen LogP contribution >= 0.6 is 0 Å². The molecule has 1 aromatic heterocycles. The Balaban J connectivity index is 2.71. The van der Waals surface area contributed by atoms with Crippen molar-refractivity contribution in [3.05, 3.63) is 18.5 Å². The Labute approximate surface area is 66.0 Å². The number of nitrogen functional groups attached to an aromatic ring is 1. The van der Waals surface area contributed by atoms with Crippen molar-refractivity contribution in [2.75, 3.05) is 25.3 Å². The van der Waals surface area contributed by atoms with Crippen LogP contribution in [-0.4, -0.2) is 24.1 Å². The highest BCUT2D eigenvalue weighted by molar-refractivity contribution is 5.50. The van der Waals surface area contributed by atoms with Gasteiger partial charge in [0.25, 0.3) is 0 Å². The van der Waals surface area contributed by atoms with Gasteiger partial charge in [0.15, 0.2) is 0 Å². The molecule has 0 saturated heterocycles. The molecule has 1 aromatic rings. The first kappa shape index (κ1) is 7.81. The highest BCUT2D eigenvalue weighted by Gasteiger charge is 1.92. The van der Waals surface area contributed by atoms with Gasteiger partial charge in [0.05, 0.1) is 17.6 Å². The second-order valence-corrected chi connectivity index (χ2v) is 2.51. The van der Waals surface area contributed by atoms with E-state index in [0.717, 1.165) is 5.69 Å². The highest BCUT2D eigenvalue weighted by Crippen LogP contribution is 2.08. The lowest BCUT2D eigenvalue weighted by Crippen LogP contribution is -2.19. The first-order valence-electron chi connectivity index (χ1n) is 3.33. The number of hydrogen-bond acceptors (Lipinski definition) is 4. The monoisotopic (exact) mass is 152 g/mol. The smallest absolute Gasteiger partial charge is 0.0693 e. The van der Waals surface area contributed by atoms with Crippen molar-refractivity contribution < 1.29 is 0 Å². The van der Waals surface area contributed by atoms with Crippen LogP contribution in [0.1, 0.15) is 0 Å². The summed E-state index contributed by atoms with van der Waals surface area (Å²) in [6.45, 7) is 0. The first-order chi connectivity index (χ1) is 5.18. The van der Waals surface area contributed by atoms with Crippen LogP contribution in [-0.2, 0) is 0 Å². The van der Waals surface area contributed by atoms with Crippen molar-refractivity contribution in [2.24, 2.45) is 0 Å². The summed E-state index contributed by atoms with van der Waals surface area (Å²) >= 11 is 0. The summed E-state index contributed by atoms with van der Waals surface area (Å²) in [5, 5.41) is 1.83. The van der Waals surface area contributed by atoms with Crippen molar-refractivity contribution in [2.45, 2.75) is 0 Å². The number of hydrogen-bond donors (Lipinski definition) is 2. The summed E-state index contributed by atoms with van der Waals surface area (Å²) in [6, 6.07) is 1.83. The number of nitrogens with one attached hydrogen (secondary N) is 1. The zero-order chi connectivity index (χ0) is 8.27. The fraction of sp³-hybridized carbons (Fsp3) is 0.286. The molecule has 1 rings (SSSR count). The Morgan fingerprint density at radius 1 is 1.45 bits per heavy atom. The van der Waals surface area contributed by atoms with Gasteiger partial charge in [-0.3, -0.25) is 4.98 Å². The summed E-state index contributed by atoms with van der Waals surface area (Å²) in [5.41, 5.74) is 10.1. The molecule has 4 nitrogen and oxygen atoms in total. The number of aromatic nitrogens is 1. The van der Waals surface area contributed by atoms with Gasteiger partial charge in [-0.1, -0.05) is 0 Å². The van der Waals surface area contributed by atoms with Crippen LogP contribution in [0.15, 0.2) is 18.5 Å². The molecule has 60 valence electrons. The van der Waals surface area contributed by atoms with E-state index >= 15 is 0 Å². The van der Waals surface area contributed by atoms with Crippen molar-refractivity contribution in [3.63, 3.8) is 0 Å². The van der Waals surface area contributed by atoms with E-state index in [-0.39, 0.29) is 0 Å². The Hall–Kier alpha value is -1.29. The van der Waals surface area contributed by atoms with Crippen LogP contribution in [0.2, 0.25) is 0 Å². The summed E-state index contributed by atoms with van der Waals surface area (Å²) in [7, 11) is 3.81. The maximum atomic E-state index is 5.51. The second-order valence-electron chi connectivity index (χ2n) is 2.51. The molecule has 0 aliphatic rings. The van der Waals surface area contributed by atoms with Crippen molar-refractivity contribution in [1.82, 2.24) is 9.99 Å². The molecule has 0 bridgehead atoms. The standard InChI is InChI=1S/C7H12N4/c1-11(2)10-7-3-6(8)4-9-5-7/h3-5,10H,8H2,1-2H3. The predicted octanol–water partition coefficient (Wildman–Crippen LogP) is 0.552. The van der Waals surface area contributed by atoms with Gasteiger partial charge in [-0.25, -0.2) is 5.01 Å². The van der Waals surface area contributed by atoms with Crippen LogP contribution in [0.3, 0.4) is 0 Å². The summed E-state index contributed by atoms with van der Waals surface area (Å²) in [4.78, 5) is 3.92. The van der Waals surface area contributed by atoms with Crippen molar-refractivity contribution in [3.8, 4) is 0 Å². The first-order valence-corrected chi connectivity index (χ1v) is 3.33. The van der Waals surface area contributed by atoms with Gasteiger partial charge in [0, 0.05) is 20.3 Å². The SMILES string of the molecule is CN(C)Nc1cncc(N)c1. The van der Waals surface area contributed by atoms with E-state index in [1.807, 2.05) is 25.2 Å². The molecule has 4 heteroatoms. The number of rotatable bonds is 2. The minimum absolute atomic E-state index is 0.664. The van der Waals surface area contributed by atoms with E-state index in [2.05, 4.69) is 10.4 Å². The average Bonchev–Trinajstić information content (AvgIpc) is 1.85. The fourth-order valence-electron chi connectivity index (χ4n) is 0.777. The number of hydrazine groups is 1. The molecule has 0 aliphatic heterocycles. The lowest BCUT2D eigenvalue weighted by Gasteiger charge is -2.12. The summed E-state index contributed by atoms with van der Waals surface area (Å²) in [6.07, 6.45) is 3.33. The van der Waals surface area contributed by atoms with E-state index in [1.165, 1.54) is 0 Å². The van der Waals surface area contributed by atoms with Gasteiger partial charge >= 0.3 is 0 Å². The summed E-state index contributed by atoms with van der Waals surface area (Å²) in [5.74, 6) is 0. The second kappa shape index (κ2) is 3.21. The number of anilines is 2. The fourth-order valence-corrected chi connectivity index (χ4v) is 0.777. The number of pyridine rings is 1. The maximum absolute atomic E-state index is 5.51. The molecular formula is C7H12N4. The van der Waals surface area contributed by atoms with Crippen molar-refractivity contribution in [1.29, 1.82) is 0 Å². The average molecular weight is 152 g/mol.